The first-order valence-electron chi connectivity index (χ1n) is 8.20. The van der Waals surface area contributed by atoms with Crippen LogP contribution in [0.2, 0.25) is 0 Å². The van der Waals surface area contributed by atoms with Crippen molar-refractivity contribution in [1.29, 1.82) is 0 Å². The average Bonchev–Trinajstić information content (AvgIpc) is 2.83. The third kappa shape index (κ3) is 3.46. The lowest BCUT2D eigenvalue weighted by Gasteiger charge is -2.33. The summed E-state index contributed by atoms with van der Waals surface area (Å²) in [4.78, 5) is 14.9. The summed E-state index contributed by atoms with van der Waals surface area (Å²) in [6, 6.07) is 10.5. The van der Waals surface area contributed by atoms with Gasteiger partial charge in [-0.3, -0.25) is 10.1 Å². The molecule has 3 heteroatoms. The van der Waals surface area contributed by atoms with Crippen molar-refractivity contribution in [3.05, 3.63) is 35.9 Å². The van der Waals surface area contributed by atoms with E-state index in [-0.39, 0.29) is 18.1 Å². The van der Waals surface area contributed by atoms with E-state index in [1.165, 1.54) is 5.56 Å². The van der Waals surface area contributed by atoms with Crippen LogP contribution in [0.1, 0.15) is 46.1 Å². The topological polar surface area (TPSA) is 32.3 Å². The van der Waals surface area contributed by atoms with Crippen LogP contribution in [-0.4, -0.2) is 29.1 Å². The van der Waals surface area contributed by atoms with Gasteiger partial charge in [0.15, 0.2) is 0 Å². The molecule has 1 fully saturated rings. The van der Waals surface area contributed by atoms with Gasteiger partial charge >= 0.3 is 0 Å². The number of amides is 1. The van der Waals surface area contributed by atoms with Crippen molar-refractivity contribution in [3.8, 4) is 0 Å². The highest BCUT2D eigenvalue weighted by Crippen LogP contribution is 2.24. The summed E-state index contributed by atoms with van der Waals surface area (Å²) >= 11 is 0. The van der Waals surface area contributed by atoms with Crippen LogP contribution < -0.4 is 5.32 Å². The fourth-order valence-electron chi connectivity index (χ4n) is 3.13. The van der Waals surface area contributed by atoms with E-state index in [0.717, 1.165) is 19.3 Å². The van der Waals surface area contributed by atoms with Crippen LogP contribution in [0.4, 0.5) is 0 Å². The van der Waals surface area contributed by atoms with Gasteiger partial charge in [0.05, 0.1) is 12.2 Å². The predicted molar refractivity (Wildman–Crippen MR) is 86.9 cm³/mol. The van der Waals surface area contributed by atoms with Crippen molar-refractivity contribution in [2.24, 2.45) is 5.92 Å². The molecular formula is C18H28N2O. The molecule has 0 spiro atoms. The molecule has 0 radical (unpaired) electrons. The van der Waals surface area contributed by atoms with E-state index in [2.05, 4.69) is 50.0 Å². The fourth-order valence-corrected chi connectivity index (χ4v) is 3.13. The van der Waals surface area contributed by atoms with E-state index >= 15 is 0 Å². The van der Waals surface area contributed by atoms with E-state index in [9.17, 15) is 4.79 Å². The molecule has 1 aliphatic heterocycles. The molecule has 0 aromatic heterocycles. The van der Waals surface area contributed by atoms with Gasteiger partial charge in [0, 0.05) is 6.04 Å². The summed E-state index contributed by atoms with van der Waals surface area (Å²) in [5.74, 6) is 0.791. The molecule has 1 aromatic carbocycles. The number of nitrogens with one attached hydrogen (secondary N) is 1. The predicted octanol–water partition coefficient (Wildman–Crippen LogP) is 3.20. The van der Waals surface area contributed by atoms with Gasteiger partial charge in [0.1, 0.15) is 0 Å². The summed E-state index contributed by atoms with van der Waals surface area (Å²) in [7, 11) is 0. The molecule has 0 saturated carbocycles. The molecule has 3 nitrogen and oxygen atoms in total. The van der Waals surface area contributed by atoms with Crippen LogP contribution in [0, 0.1) is 5.92 Å². The Bertz CT molecular complexity index is 460. The summed E-state index contributed by atoms with van der Waals surface area (Å²) in [5.41, 5.74) is 1.22. The van der Waals surface area contributed by atoms with Crippen LogP contribution in [0.5, 0.6) is 0 Å². The Labute approximate surface area is 128 Å². The normalized spacial score (nSPS) is 25.1. The average molecular weight is 288 g/mol. The highest BCUT2D eigenvalue weighted by atomic mass is 16.2. The highest BCUT2D eigenvalue weighted by molar-refractivity contribution is 5.85. The molecule has 4 unspecified atom stereocenters. The minimum atomic E-state index is -0.0798. The van der Waals surface area contributed by atoms with Crippen LogP contribution in [0.15, 0.2) is 30.3 Å². The number of benzene rings is 1. The zero-order valence-corrected chi connectivity index (χ0v) is 13.7. The van der Waals surface area contributed by atoms with E-state index in [0.29, 0.717) is 12.0 Å². The third-order valence-electron chi connectivity index (χ3n) is 4.86. The fraction of sp³-hybridized carbons (Fsp3) is 0.611. The van der Waals surface area contributed by atoms with Gasteiger partial charge in [0.2, 0.25) is 5.91 Å². The molecule has 1 aliphatic rings. The number of carbonyl (C=O) groups excluding carboxylic acids is 1. The lowest BCUT2D eigenvalue weighted by atomic mass is 9.98. The van der Waals surface area contributed by atoms with E-state index in [1.807, 2.05) is 18.2 Å². The van der Waals surface area contributed by atoms with Crippen LogP contribution in [0.3, 0.4) is 0 Å². The Kier molecular flexibility index (Phi) is 5.40. The van der Waals surface area contributed by atoms with Gasteiger partial charge in [-0.2, -0.15) is 0 Å². The zero-order valence-electron chi connectivity index (χ0n) is 13.7. The van der Waals surface area contributed by atoms with Gasteiger partial charge in [-0.1, -0.05) is 57.5 Å². The molecule has 2 rings (SSSR count). The molecule has 1 saturated heterocycles. The molecule has 1 amide bonds. The molecule has 1 N–H and O–H groups in total. The van der Waals surface area contributed by atoms with E-state index in [4.69, 9.17) is 0 Å². The van der Waals surface area contributed by atoms with Gasteiger partial charge in [0.25, 0.3) is 0 Å². The van der Waals surface area contributed by atoms with Gasteiger partial charge in [-0.15, -0.1) is 0 Å². The second kappa shape index (κ2) is 7.08. The standard InChI is InChI=1S/C18H28N2O/c1-5-13(3)14(4)20-17(6-2)19-16(18(20)21)12-15-10-8-7-9-11-15/h7-11,13-14,16-17,19H,5-6,12H2,1-4H3. The monoisotopic (exact) mass is 288 g/mol. The first kappa shape index (κ1) is 16.0. The lowest BCUT2D eigenvalue weighted by molar-refractivity contribution is -0.133. The van der Waals surface area contributed by atoms with Crippen molar-refractivity contribution < 1.29 is 4.79 Å². The zero-order chi connectivity index (χ0) is 15.4. The Hall–Kier alpha value is -1.35. The van der Waals surface area contributed by atoms with Gasteiger partial charge in [-0.25, -0.2) is 0 Å². The molecule has 1 aromatic rings. The Balaban J connectivity index is 2.11. The van der Waals surface area contributed by atoms with Crippen molar-refractivity contribution in [2.45, 2.75) is 65.2 Å². The maximum Gasteiger partial charge on any atom is 0.241 e. The third-order valence-corrected chi connectivity index (χ3v) is 4.86. The molecule has 116 valence electrons. The van der Waals surface area contributed by atoms with Crippen molar-refractivity contribution in [1.82, 2.24) is 10.2 Å². The maximum atomic E-state index is 12.8. The summed E-state index contributed by atoms with van der Waals surface area (Å²) in [5, 5.41) is 3.53. The largest absolute Gasteiger partial charge is 0.323 e. The molecule has 21 heavy (non-hydrogen) atoms. The minimum absolute atomic E-state index is 0.0798. The van der Waals surface area contributed by atoms with E-state index in [1.54, 1.807) is 0 Å². The van der Waals surface area contributed by atoms with Crippen molar-refractivity contribution in [3.63, 3.8) is 0 Å². The first-order valence-corrected chi connectivity index (χ1v) is 8.20. The highest BCUT2D eigenvalue weighted by Gasteiger charge is 2.41. The molecule has 1 heterocycles. The van der Waals surface area contributed by atoms with Gasteiger partial charge < -0.3 is 4.90 Å². The van der Waals surface area contributed by atoms with E-state index < -0.39 is 0 Å². The Morgan fingerprint density at radius 2 is 1.86 bits per heavy atom. The smallest absolute Gasteiger partial charge is 0.241 e. The second-order valence-electron chi connectivity index (χ2n) is 6.20. The van der Waals surface area contributed by atoms with Crippen LogP contribution in [0.25, 0.3) is 0 Å². The number of rotatable bonds is 6. The van der Waals surface area contributed by atoms with Crippen molar-refractivity contribution in [2.75, 3.05) is 0 Å². The lowest BCUT2D eigenvalue weighted by Crippen LogP contribution is -2.45. The quantitative estimate of drug-likeness (QED) is 0.872. The Morgan fingerprint density at radius 3 is 2.43 bits per heavy atom. The molecule has 0 aliphatic carbocycles. The number of hydrogen-bond donors (Lipinski definition) is 1. The summed E-state index contributed by atoms with van der Waals surface area (Å²) in [6.07, 6.45) is 3.01. The van der Waals surface area contributed by atoms with Crippen LogP contribution in [-0.2, 0) is 11.2 Å². The van der Waals surface area contributed by atoms with Crippen LogP contribution >= 0.6 is 0 Å². The maximum absolute atomic E-state index is 12.8. The van der Waals surface area contributed by atoms with Crippen molar-refractivity contribution >= 4 is 5.91 Å². The van der Waals surface area contributed by atoms with Gasteiger partial charge in [-0.05, 0) is 31.2 Å². The number of nitrogens with zero attached hydrogens (tertiary/aromatic N) is 1. The molecular weight excluding hydrogens is 260 g/mol. The number of carbonyl (C=O) groups is 1. The minimum Gasteiger partial charge on any atom is -0.323 e. The number of hydrogen-bond acceptors (Lipinski definition) is 2. The molecule has 0 bridgehead atoms. The first-order chi connectivity index (χ1) is 10.1. The summed E-state index contributed by atoms with van der Waals surface area (Å²) < 4.78 is 0. The second-order valence-corrected chi connectivity index (χ2v) is 6.20. The molecule has 4 atom stereocenters. The Morgan fingerprint density at radius 1 is 1.19 bits per heavy atom. The SMILES string of the molecule is CCC(C)C(C)N1C(=O)C(Cc2ccccc2)NC1CC. The summed E-state index contributed by atoms with van der Waals surface area (Å²) in [6.45, 7) is 8.75.